The average molecular weight is 468 g/mol. The summed E-state index contributed by atoms with van der Waals surface area (Å²) in [5, 5.41) is 22.9. The van der Waals surface area contributed by atoms with Crippen LogP contribution in [0.4, 0.5) is 13.2 Å². The quantitative estimate of drug-likeness (QED) is 0.396. The molecule has 0 saturated heterocycles. The van der Waals surface area contributed by atoms with Crippen LogP contribution >= 0.6 is 0 Å². The van der Waals surface area contributed by atoms with Gasteiger partial charge in [-0.2, -0.15) is 0 Å². The van der Waals surface area contributed by atoms with E-state index in [1.165, 1.54) is 49.6 Å². The van der Waals surface area contributed by atoms with Gasteiger partial charge in [0.15, 0.2) is 0 Å². The normalized spacial score (nSPS) is 12.3. The van der Waals surface area contributed by atoms with E-state index < -0.39 is 30.8 Å². The minimum atomic E-state index is -4.78. The maximum absolute atomic E-state index is 12.5. The molecule has 0 fully saturated rings. The van der Waals surface area contributed by atoms with E-state index in [0.29, 0.717) is 16.9 Å². The second-order valence-electron chi connectivity index (χ2n) is 6.63. The van der Waals surface area contributed by atoms with Crippen LogP contribution in [0.1, 0.15) is 21.5 Å². The van der Waals surface area contributed by atoms with Gasteiger partial charge in [0.05, 0.1) is 20.3 Å². The zero-order chi connectivity index (χ0) is 24.4. The number of benzene rings is 2. The number of hydrogen-bond donors (Lipinski definition) is 4. The van der Waals surface area contributed by atoms with Crippen LogP contribution in [0.15, 0.2) is 42.5 Å². The summed E-state index contributed by atoms with van der Waals surface area (Å²) in [6.07, 6.45) is -1.57. The Morgan fingerprint density at radius 3 is 2.36 bits per heavy atom. The summed E-state index contributed by atoms with van der Waals surface area (Å²) >= 11 is 0. The monoisotopic (exact) mass is 468 g/mol. The van der Waals surface area contributed by atoms with Crippen molar-refractivity contribution in [3.8, 4) is 11.5 Å². The van der Waals surface area contributed by atoms with Crippen LogP contribution in [0, 0.1) is 0 Å². The van der Waals surface area contributed by atoms with Crippen molar-refractivity contribution in [1.82, 2.24) is 10.6 Å². The first-order chi connectivity index (χ1) is 15.7. The molecule has 178 valence electrons. The molecule has 0 aliphatic rings. The molecule has 0 aliphatic heterocycles. The highest BCUT2D eigenvalue weighted by molar-refractivity contribution is 5.98. The molecule has 1 atom stereocenters. The van der Waals surface area contributed by atoms with Crippen molar-refractivity contribution in [3.05, 3.63) is 59.2 Å². The van der Waals surface area contributed by atoms with Crippen molar-refractivity contribution in [2.45, 2.75) is 12.4 Å². The topological polar surface area (TPSA) is 117 Å². The molecule has 4 N–H and O–H groups in total. The highest BCUT2D eigenvalue weighted by Gasteiger charge is 2.30. The highest BCUT2D eigenvalue weighted by Crippen LogP contribution is 2.25. The third-order valence-corrected chi connectivity index (χ3v) is 4.28. The smallest absolute Gasteiger partial charge is 0.496 e. The molecule has 2 amide bonds. The molecule has 0 bridgehead atoms. The number of alkyl halides is 3. The van der Waals surface area contributed by atoms with Crippen LogP contribution in [-0.2, 0) is 4.79 Å². The number of aliphatic hydroxyl groups excluding tert-OH is 2. The minimum Gasteiger partial charge on any atom is -0.496 e. The first-order valence-corrected chi connectivity index (χ1v) is 9.69. The third kappa shape index (κ3) is 8.13. The Balaban J connectivity index is 2.16. The summed E-state index contributed by atoms with van der Waals surface area (Å²) in [5.74, 6) is -1.19. The number of ether oxygens (including phenoxy) is 2. The van der Waals surface area contributed by atoms with Crippen LogP contribution < -0.4 is 20.1 Å². The lowest BCUT2D eigenvalue weighted by atomic mass is 10.1. The van der Waals surface area contributed by atoms with Gasteiger partial charge < -0.3 is 30.3 Å². The van der Waals surface area contributed by atoms with Crippen LogP contribution in [0.2, 0.25) is 0 Å². The molecule has 0 saturated carbocycles. The van der Waals surface area contributed by atoms with Gasteiger partial charge in [-0.05, 0) is 35.9 Å². The van der Waals surface area contributed by atoms with Gasteiger partial charge in [0.1, 0.15) is 17.5 Å². The fourth-order valence-electron chi connectivity index (χ4n) is 2.71. The Kier molecular flexibility index (Phi) is 9.25. The van der Waals surface area contributed by atoms with E-state index in [9.17, 15) is 27.9 Å². The zero-order valence-corrected chi connectivity index (χ0v) is 17.6. The number of nitrogens with one attached hydrogen (secondary N) is 2. The van der Waals surface area contributed by atoms with Crippen molar-refractivity contribution < 1.29 is 42.4 Å². The van der Waals surface area contributed by atoms with Crippen molar-refractivity contribution in [2.24, 2.45) is 0 Å². The average Bonchev–Trinajstić information content (AvgIpc) is 2.79. The molecule has 8 nitrogen and oxygen atoms in total. The third-order valence-electron chi connectivity index (χ3n) is 4.28. The Labute approximate surface area is 187 Å². The minimum absolute atomic E-state index is 0.0218. The highest BCUT2D eigenvalue weighted by atomic mass is 19.4. The van der Waals surface area contributed by atoms with Gasteiger partial charge in [-0.3, -0.25) is 9.59 Å². The number of carbonyl (C=O) groups excluding carboxylic acids is 2. The lowest BCUT2D eigenvalue weighted by Crippen LogP contribution is -2.49. The fraction of sp³-hybridized carbons (Fsp3) is 0.273. The van der Waals surface area contributed by atoms with Gasteiger partial charge in [0.2, 0.25) is 5.91 Å². The molecular formula is C22H23F3N2O6. The van der Waals surface area contributed by atoms with E-state index in [2.05, 4.69) is 15.4 Å². The number of amides is 2. The van der Waals surface area contributed by atoms with E-state index in [0.717, 1.165) is 0 Å². The lowest BCUT2D eigenvalue weighted by molar-refractivity contribution is -0.274. The number of carbonyl (C=O) groups is 2. The Hall–Kier alpha value is -3.57. The summed E-state index contributed by atoms with van der Waals surface area (Å²) in [7, 11) is 1.43. The van der Waals surface area contributed by atoms with E-state index in [1.54, 1.807) is 12.2 Å². The molecule has 0 radical (unpaired) electrons. The Bertz CT molecular complexity index is 977. The van der Waals surface area contributed by atoms with Crippen molar-refractivity contribution in [3.63, 3.8) is 0 Å². The molecule has 11 heteroatoms. The predicted molar refractivity (Wildman–Crippen MR) is 113 cm³/mol. The zero-order valence-electron chi connectivity index (χ0n) is 17.6. The van der Waals surface area contributed by atoms with Crippen molar-refractivity contribution in [1.29, 1.82) is 0 Å². The summed E-state index contributed by atoms with van der Waals surface area (Å²) < 4.78 is 45.9. The molecule has 2 aromatic rings. The molecule has 0 aromatic heterocycles. The largest absolute Gasteiger partial charge is 0.573 e. The van der Waals surface area contributed by atoms with Crippen LogP contribution in [0.25, 0.3) is 12.2 Å². The molecule has 0 heterocycles. The molecule has 0 spiro atoms. The SMILES string of the molecule is COc1ccc(C(=O)N[C@@H](CO)C(=O)NCCO)cc1/C=C/c1ccc(OC(F)(F)F)cc1. The maximum atomic E-state index is 12.5. The number of halogens is 3. The summed E-state index contributed by atoms with van der Waals surface area (Å²) in [4.78, 5) is 24.5. The number of rotatable bonds is 10. The van der Waals surface area contributed by atoms with Gasteiger partial charge >= 0.3 is 6.36 Å². The molecule has 0 aliphatic carbocycles. The van der Waals surface area contributed by atoms with Crippen LogP contribution in [0.5, 0.6) is 11.5 Å². The Morgan fingerprint density at radius 1 is 1.09 bits per heavy atom. The van der Waals surface area contributed by atoms with Gasteiger partial charge in [0, 0.05) is 17.7 Å². The van der Waals surface area contributed by atoms with Gasteiger partial charge in [-0.1, -0.05) is 24.3 Å². The summed E-state index contributed by atoms with van der Waals surface area (Å²) in [5.41, 5.74) is 1.24. The Morgan fingerprint density at radius 2 is 1.79 bits per heavy atom. The first kappa shape index (κ1) is 25.7. The van der Waals surface area contributed by atoms with Crippen molar-refractivity contribution >= 4 is 24.0 Å². The second-order valence-corrected chi connectivity index (χ2v) is 6.63. The molecule has 33 heavy (non-hydrogen) atoms. The molecule has 0 unspecified atom stereocenters. The molecule has 2 aromatic carbocycles. The molecule has 2 rings (SSSR count). The van der Waals surface area contributed by atoms with Gasteiger partial charge in [-0.15, -0.1) is 13.2 Å². The fourth-order valence-corrected chi connectivity index (χ4v) is 2.71. The van der Waals surface area contributed by atoms with Crippen LogP contribution in [0.3, 0.4) is 0 Å². The first-order valence-electron chi connectivity index (χ1n) is 9.69. The molecular weight excluding hydrogens is 445 g/mol. The summed E-state index contributed by atoms with van der Waals surface area (Å²) in [6, 6.07) is 8.49. The standard InChI is InChI=1S/C22H23F3N2O6/c1-32-19-9-6-16(20(30)27-18(13-29)21(31)26-10-11-28)12-15(19)5-2-14-3-7-17(8-4-14)33-22(23,24)25/h2-9,12,18,28-29H,10-11,13H2,1H3,(H,26,31)(H,27,30)/b5-2+/t18-/m0/s1. The number of methoxy groups -OCH3 is 1. The van der Waals surface area contributed by atoms with E-state index in [-0.39, 0.29) is 24.5 Å². The van der Waals surface area contributed by atoms with Gasteiger partial charge in [-0.25, -0.2) is 0 Å². The number of hydrogen-bond acceptors (Lipinski definition) is 6. The van der Waals surface area contributed by atoms with E-state index >= 15 is 0 Å². The second kappa shape index (κ2) is 11.9. The van der Waals surface area contributed by atoms with E-state index in [1.807, 2.05) is 0 Å². The summed E-state index contributed by atoms with van der Waals surface area (Å²) in [6.45, 7) is -0.948. The number of aliphatic hydroxyl groups is 2. The van der Waals surface area contributed by atoms with Crippen molar-refractivity contribution in [2.75, 3.05) is 26.9 Å². The maximum Gasteiger partial charge on any atom is 0.573 e. The van der Waals surface area contributed by atoms with E-state index in [4.69, 9.17) is 9.84 Å². The van der Waals surface area contributed by atoms with Crippen LogP contribution in [-0.4, -0.2) is 61.3 Å². The van der Waals surface area contributed by atoms with Gasteiger partial charge in [0.25, 0.3) is 5.91 Å². The lowest BCUT2D eigenvalue weighted by Gasteiger charge is -2.16. The predicted octanol–water partition coefficient (Wildman–Crippen LogP) is 1.96.